The molecule has 19 heavy (non-hydrogen) atoms. The number of halogens is 3. The Morgan fingerprint density at radius 2 is 2.11 bits per heavy atom. The number of benzene rings is 1. The Kier molecular flexibility index (Phi) is 5.68. The van der Waals surface area contributed by atoms with E-state index in [-0.39, 0.29) is 18.9 Å². The predicted molar refractivity (Wildman–Crippen MR) is 70.3 cm³/mol. The molecule has 7 heteroatoms. The number of carbonyl (C=O) groups is 1. The van der Waals surface area contributed by atoms with Gasteiger partial charge in [-0.15, -0.1) is 11.8 Å². The van der Waals surface area contributed by atoms with Crippen LogP contribution in [0.3, 0.4) is 0 Å². The molecule has 0 spiro atoms. The van der Waals surface area contributed by atoms with Gasteiger partial charge in [0.2, 0.25) is 5.91 Å². The van der Waals surface area contributed by atoms with Crippen LogP contribution >= 0.6 is 11.8 Å². The van der Waals surface area contributed by atoms with E-state index in [1.54, 1.807) is 25.1 Å². The largest absolute Gasteiger partial charge is 0.398 e. The van der Waals surface area contributed by atoms with Crippen molar-refractivity contribution >= 4 is 23.4 Å². The van der Waals surface area contributed by atoms with Crippen molar-refractivity contribution in [3.8, 4) is 0 Å². The highest BCUT2D eigenvalue weighted by Gasteiger charge is 2.27. The summed E-state index contributed by atoms with van der Waals surface area (Å²) in [5, 5.41) is 2.58. The third-order valence-corrected chi connectivity index (χ3v) is 3.31. The van der Waals surface area contributed by atoms with Gasteiger partial charge in [0, 0.05) is 17.9 Å². The normalized spacial score (nSPS) is 11.4. The molecule has 0 heterocycles. The fraction of sp³-hybridized carbons (Fsp3) is 0.417. The predicted octanol–water partition coefficient (Wildman–Crippen LogP) is 2.94. The Balaban J connectivity index is 2.82. The zero-order chi connectivity index (χ0) is 14.5. The molecule has 0 atom stereocenters. The van der Waals surface area contributed by atoms with E-state index < -0.39 is 11.9 Å². The monoisotopic (exact) mass is 292 g/mol. The van der Waals surface area contributed by atoms with Crippen molar-refractivity contribution < 1.29 is 18.0 Å². The summed E-state index contributed by atoms with van der Waals surface area (Å²) in [4.78, 5) is 11.9. The van der Waals surface area contributed by atoms with Crippen LogP contribution in [0.2, 0.25) is 0 Å². The molecule has 0 saturated heterocycles. The first-order valence-corrected chi connectivity index (χ1v) is 6.60. The quantitative estimate of drug-likeness (QED) is 0.820. The topological polar surface area (TPSA) is 55.1 Å². The minimum atomic E-state index is -4.24. The van der Waals surface area contributed by atoms with Gasteiger partial charge in [0.25, 0.3) is 0 Å². The van der Waals surface area contributed by atoms with Gasteiger partial charge in [-0.25, -0.2) is 0 Å². The lowest BCUT2D eigenvalue weighted by Gasteiger charge is -2.12. The van der Waals surface area contributed by atoms with Crippen LogP contribution in [0, 0.1) is 6.92 Å². The second kappa shape index (κ2) is 6.81. The smallest absolute Gasteiger partial charge is 0.330 e. The van der Waals surface area contributed by atoms with E-state index >= 15 is 0 Å². The maximum Gasteiger partial charge on any atom is 0.398 e. The first-order valence-electron chi connectivity index (χ1n) is 5.62. The van der Waals surface area contributed by atoms with Crippen molar-refractivity contribution in [2.75, 3.05) is 17.6 Å². The molecule has 0 unspecified atom stereocenters. The van der Waals surface area contributed by atoms with Gasteiger partial charge in [-0.3, -0.25) is 4.79 Å². The molecular formula is C12H15F3N2OS. The fourth-order valence-corrected chi connectivity index (χ4v) is 2.12. The minimum absolute atomic E-state index is 0.136. The zero-order valence-corrected chi connectivity index (χ0v) is 11.2. The van der Waals surface area contributed by atoms with Gasteiger partial charge >= 0.3 is 6.18 Å². The van der Waals surface area contributed by atoms with Gasteiger partial charge in [0.05, 0.1) is 11.4 Å². The summed E-state index contributed by atoms with van der Waals surface area (Å²) < 4.78 is 36.6. The van der Waals surface area contributed by atoms with Gasteiger partial charge < -0.3 is 11.1 Å². The lowest BCUT2D eigenvalue weighted by Crippen LogP contribution is -2.17. The van der Waals surface area contributed by atoms with Gasteiger partial charge in [0.1, 0.15) is 0 Å². The molecule has 106 valence electrons. The second-order valence-electron chi connectivity index (χ2n) is 3.99. The molecule has 1 amide bonds. The Hall–Kier alpha value is -1.21. The average Bonchev–Trinajstić information content (AvgIpc) is 2.27. The standard InChI is InChI=1S/C12H15F3N2OS/c1-8-2-3-10(19-7-12(13,14)15)9(6-8)17-11(18)4-5-16/h2-3,6H,4-5,7,16H2,1H3,(H,17,18). The maximum atomic E-state index is 12.2. The minimum Gasteiger partial charge on any atom is -0.330 e. The van der Waals surface area contributed by atoms with Crippen molar-refractivity contribution in [1.29, 1.82) is 0 Å². The molecule has 3 N–H and O–H groups in total. The third-order valence-electron chi connectivity index (χ3n) is 2.17. The van der Waals surface area contributed by atoms with Crippen LogP contribution in [-0.2, 0) is 4.79 Å². The van der Waals surface area contributed by atoms with Gasteiger partial charge in [-0.05, 0) is 24.6 Å². The number of thioether (sulfide) groups is 1. The number of aryl methyl sites for hydroxylation is 1. The number of nitrogens with two attached hydrogens (primary N) is 1. The van der Waals surface area contributed by atoms with Gasteiger partial charge in [-0.1, -0.05) is 6.07 Å². The zero-order valence-electron chi connectivity index (χ0n) is 10.4. The maximum absolute atomic E-state index is 12.2. The van der Waals surface area contributed by atoms with Crippen LogP contribution in [0.5, 0.6) is 0 Å². The summed E-state index contributed by atoms with van der Waals surface area (Å²) in [7, 11) is 0. The van der Waals surface area contributed by atoms with E-state index in [0.29, 0.717) is 22.3 Å². The van der Waals surface area contributed by atoms with Crippen LogP contribution in [0.15, 0.2) is 23.1 Å². The fourth-order valence-electron chi connectivity index (χ4n) is 1.37. The number of nitrogens with one attached hydrogen (secondary N) is 1. The lowest BCUT2D eigenvalue weighted by molar-refractivity contribution is -0.116. The first kappa shape index (κ1) is 15.8. The molecule has 0 fully saturated rings. The molecule has 1 aromatic carbocycles. The summed E-state index contributed by atoms with van der Waals surface area (Å²) in [6.45, 7) is 2.00. The number of alkyl halides is 3. The van der Waals surface area contributed by atoms with E-state index in [9.17, 15) is 18.0 Å². The highest BCUT2D eigenvalue weighted by Crippen LogP contribution is 2.32. The summed E-state index contributed by atoms with van der Waals surface area (Å²) >= 11 is 0.652. The van der Waals surface area contributed by atoms with E-state index in [1.807, 2.05) is 0 Å². The molecule has 3 nitrogen and oxygen atoms in total. The molecule has 0 bridgehead atoms. The van der Waals surface area contributed by atoms with E-state index in [4.69, 9.17) is 5.73 Å². The number of rotatable bonds is 5. The van der Waals surface area contributed by atoms with Crippen molar-refractivity contribution in [2.24, 2.45) is 5.73 Å². The van der Waals surface area contributed by atoms with Crippen molar-refractivity contribution in [3.05, 3.63) is 23.8 Å². The summed E-state index contributed by atoms with van der Waals surface area (Å²) in [5.74, 6) is -1.29. The number of anilines is 1. The van der Waals surface area contributed by atoms with Crippen molar-refractivity contribution in [2.45, 2.75) is 24.4 Å². The molecule has 0 aliphatic rings. The Morgan fingerprint density at radius 3 is 2.68 bits per heavy atom. The van der Waals surface area contributed by atoms with Gasteiger partial charge in [-0.2, -0.15) is 13.2 Å². The average molecular weight is 292 g/mol. The van der Waals surface area contributed by atoms with Crippen LogP contribution in [0.4, 0.5) is 18.9 Å². The Labute approximate surface area is 113 Å². The van der Waals surface area contributed by atoms with Crippen LogP contribution in [0.25, 0.3) is 0 Å². The highest BCUT2D eigenvalue weighted by molar-refractivity contribution is 7.99. The van der Waals surface area contributed by atoms with E-state index in [0.717, 1.165) is 5.56 Å². The summed E-state index contributed by atoms with van der Waals surface area (Å²) in [5.41, 5.74) is 6.51. The number of hydrogen-bond acceptors (Lipinski definition) is 3. The molecule has 1 rings (SSSR count). The van der Waals surface area contributed by atoms with E-state index in [2.05, 4.69) is 5.32 Å². The summed E-state index contributed by atoms with van der Waals surface area (Å²) in [6.07, 6.45) is -4.11. The molecule has 0 aromatic heterocycles. The first-order chi connectivity index (χ1) is 8.81. The molecular weight excluding hydrogens is 277 g/mol. The Bertz CT molecular complexity index is 449. The number of hydrogen-bond donors (Lipinski definition) is 2. The number of amides is 1. The van der Waals surface area contributed by atoms with E-state index in [1.165, 1.54) is 0 Å². The third kappa shape index (κ3) is 5.98. The molecule has 0 aliphatic heterocycles. The van der Waals surface area contributed by atoms with Crippen LogP contribution in [-0.4, -0.2) is 24.4 Å². The van der Waals surface area contributed by atoms with Crippen molar-refractivity contribution in [3.63, 3.8) is 0 Å². The van der Waals surface area contributed by atoms with Gasteiger partial charge in [0.15, 0.2) is 0 Å². The molecule has 0 aliphatic carbocycles. The molecule has 1 aromatic rings. The number of carbonyl (C=O) groups excluding carboxylic acids is 1. The Morgan fingerprint density at radius 1 is 1.42 bits per heavy atom. The summed E-state index contributed by atoms with van der Waals surface area (Å²) in [6, 6.07) is 4.92. The molecule has 0 saturated carbocycles. The lowest BCUT2D eigenvalue weighted by atomic mass is 10.2. The van der Waals surface area contributed by atoms with Crippen LogP contribution in [0.1, 0.15) is 12.0 Å². The van der Waals surface area contributed by atoms with Crippen LogP contribution < -0.4 is 11.1 Å². The SMILES string of the molecule is Cc1ccc(SCC(F)(F)F)c(NC(=O)CCN)c1. The second-order valence-corrected chi connectivity index (χ2v) is 5.01. The molecule has 0 radical (unpaired) electrons. The van der Waals surface area contributed by atoms with Crippen molar-refractivity contribution in [1.82, 2.24) is 0 Å². The highest BCUT2D eigenvalue weighted by atomic mass is 32.2.